The average molecular weight is 344 g/mol. The fourth-order valence-electron chi connectivity index (χ4n) is 2.01. The zero-order valence-corrected chi connectivity index (χ0v) is 12.9. The Hall–Kier alpha value is -1.27. The van der Waals surface area contributed by atoms with Crippen molar-refractivity contribution in [1.29, 1.82) is 0 Å². The fourth-order valence-corrected chi connectivity index (χ4v) is 2.56. The van der Waals surface area contributed by atoms with E-state index in [1.54, 1.807) is 13.2 Å². The lowest BCUT2D eigenvalue weighted by Crippen LogP contribution is -2.41. The van der Waals surface area contributed by atoms with Gasteiger partial charge in [-0.15, -0.1) is 0 Å². The number of ether oxygens (including phenoxy) is 3. The second kappa shape index (κ2) is 7.50. The number of carbonyl (C=O) groups is 1. The number of nitrogens with one attached hydrogen (secondary N) is 1. The first-order valence-corrected chi connectivity index (χ1v) is 7.32. The number of hydrogen-bond acceptors (Lipinski definition) is 4. The molecule has 5 nitrogen and oxygen atoms in total. The van der Waals surface area contributed by atoms with Gasteiger partial charge in [-0.25, -0.2) is 0 Å². The number of methoxy groups -OCH3 is 1. The van der Waals surface area contributed by atoms with Crippen LogP contribution in [0.4, 0.5) is 0 Å². The first-order chi connectivity index (χ1) is 9.70. The first kappa shape index (κ1) is 15.1. The molecule has 2 rings (SSSR count). The summed E-state index contributed by atoms with van der Waals surface area (Å²) in [4.78, 5) is 11.8. The molecule has 1 amide bonds. The van der Waals surface area contributed by atoms with Gasteiger partial charge in [0.1, 0.15) is 16.0 Å². The zero-order chi connectivity index (χ0) is 14.4. The quantitative estimate of drug-likeness (QED) is 0.889. The van der Waals surface area contributed by atoms with Crippen LogP contribution < -0.4 is 14.8 Å². The molecular formula is C14H18BrNO4. The third kappa shape index (κ3) is 4.11. The molecule has 0 atom stereocenters. The molecular weight excluding hydrogens is 326 g/mol. The number of halogens is 1. The van der Waals surface area contributed by atoms with Crippen LogP contribution in [0.2, 0.25) is 0 Å². The van der Waals surface area contributed by atoms with Gasteiger partial charge in [-0.05, 0) is 40.9 Å². The average Bonchev–Trinajstić information content (AvgIpc) is 2.47. The van der Waals surface area contributed by atoms with Crippen LogP contribution >= 0.6 is 15.9 Å². The molecule has 1 fully saturated rings. The molecule has 0 bridgehead atoms. The summed E-state index contributed by atoms with van der Waals surface area (Å²) in [6, 6.07) is 5.61. The van der Waals surface area contributed by atoms with E-state index in [9.17, 15) is 4.79 Å². The number of carbonyl (C=O) groups excluding carboxylic acids is 1. The molecule has 0 spiro atoms. The number of benzene rings is 1. The van der Waals surface area contributed by atoms with E-state index in [0.29, 0.717) is 29.2 Å². The van der Waals surface area contributed by atoms with E-state index in [1.165, 1.54) is 0 Å². The zero-order valence-electron chi connectivity index (χ0n) is 11.4. The summed E-state index contributed by atoms with van der Waals surface area (Å²) in [5, 5.41) is 2.95. The van der Waals surface area contributed by atoms with Gasteiger partial charge in [0.2, 0.25) is 0 Å². The van der Waals surface area contributed by atoms with Crippen LogP contribution in [-0.4, -0.2) is 38.9 Å². The van der Waals surface area contributed by atoms with Crippen molar-refractivity contribution < 1.29 is 19.0 Å². The largest absolute Gasteiger partial charge is 0.495 e. The van der Waals surface area contributed by atoms with Gasteiger partial charge in [0.05, 0.1) is 7.11 Å². The van der Waals surface area contributed by atoms with Crippen LogP contribution in [-0.2, 0) is 9.53 Å². The smallest absolute Gasteiger partial charge is 0.258 e. The predicted octanol–water partition coefficient (Wildman–Crippen LogP) is 2.13. The maximum absolute atomic E-state index is 11.8. The maximum Gasteiger partial charge on any atom is 0.258 e. The standard InChI is InChI=1S/C14H18BrNO4/c1-18-11-3-2-4-12(14(11)15)20-9-13(17)16-10-5-7-19-8-6-10/h2-4,10H,5-9H2,1H3,(H,16,17). The number of rotatable bonds is 5. The van der Waals surface area contributed by atoms with Gasteiger partial charge in [0, 0.05) is 19.3 Å². The van der Waals surface area contributed by atoms with E-state index in [-0.39, 0.29) is 18.6 Å². The van der Waals surface area contributed by atoms with Crippen molar-refractivity contribution in [1.82, 2.24) is 5.32 Å². The SMILES string of the molecule is COc1cccc(OCC(=O)NC2CCOCC2)c1Br. The second-order valence-electron chi connectivity index (χ2n) is 4.52. The molecule has 0 aromatic heterocycles. The number of amides is 1. The van der Waals surface area contributed by atoms with Gasteiger partial charge in [-0.3, -0.25) is 4.79 Å². The Morgan fingerprint density at radius 1 is 1.40 bits per heavy atom. The molecule has 0 radical (unpaired) electrons. The molecule has 0 aliphatic carbocycles. The minimum Gasteiger partial charge on any atom is -0.495 e. The van der Waals surface area contributed by atoms with Crippen LogP contribution in [0.5, 0.6) is 11.5 Å². The fraction of sp³-hybridized carbons (Fsp3) is 0.500. The van der Waals surface area contributed by atoms with E-state index < -0.39 is 0 Å². The Kier molecular flexibility index (Phi) is 5.67. The van der Waals surface area contributed by atoms with E-state index in [4.69, 9.17) is 14.2 Å². The molecule has 1 aromatic rings. The lowest BCUT2D eigenvalue weighted by atomic mass is 10.1. The summed E-state index contributed by atoms with van der Waals surface area (Å²) in [5.41, 5.74) is 0. The Labute approximate surface area is 126 Å². The molecule has 1 aromatic carbocycles. The summed E-state index contributed by atoms with van der Waals surface area (Å²) in [6.45, 7) is 1.39. The highest BCUT2D eigenvalue weighted by atomic mass is 79.9. The van der Waals surface area contributed by atoms with Crippen molar-refractivity contribution in [2.45, 2.75) is 18.9 Å². The topological polar surface area (TPSA) is 56.8 Å². The minimum absolute atomic E-state index is 0.0108. The van der Waals surface area contributed by atoms with Gasteiger partial charge < -0.3 is 19.5 Å². The molecule has 1 saturated heterocycles. The lowest BCUT2D eigenvalue weighted by Gasteiger charge is -2.23. The molecule has 110 valence electrons. The summed E-state index contributed by atoms with van der Waals surface area (Å²) in [7, 11) is 1.59. The highest BCUT2D eigenvalue weighted by Crippen LogP contribution is 2.33. The lowest BCUT2D eigenvalue weighted by molar-refractivity contribution is -0.124. The Morgan fingerprint density at radius 2 is 2.10 bits per heavy atom. The summed E-state index contributed by atoms with van der Waals surface area (Å²) >= 11 is 3.39. The molecule has 1 heterocycles. The van der Waals surface area contributed by atoms with Crippen LogP contribution in [0.3, 0.4) is 0 Å². The van der Waals surface area contributed by atoms with Crippen LogP contribution in [0.25, 0.3) is 0 Å². The second-order valence-corrected chi connectivity index (χ2v) is 5.31. The van der Waals surface area contributed by atoms with Crippen molar-refractivity contribution in [3.05, 3.63) is 22.7 Å². The Morgan fingerprint density at radius 3 is 2.80 bits per heavy atom. The summed E-state index contributed by atoms with van der Waals surface area (Å²) in [5.74, 6) is 1.14. The van der Waals surface area contributed by atoms with Crippen molar-refractivity contribution in [2.75, 3.05) is 26.9 Å². The third-order valence-corrected chi connectivity index (χ3v) is 3.87. The Bertz CT molecular complexity index is 460. The monoisotopic (exact) mass is 343 g/mol. The molecule has 0 saturated carbocycles. The van der Waals surface area contributed by atoms with E-state index in [2.05, 4.69) is 21.2 Å². The number of hydrogen-bond donors (Lipinski definition) is 1. The van der Waals surface area contributed by atoms with Crippen molar-refractivity contribution in [3.63, 3.8) is 0 Å². The van der Waals surface area contributed by atoms with Gasteiger partial charge in [0.25, 0.3) is 5.91 Å². The van der Waals surface area contributed by atoms with Gasteiger partial charge in [-0.1, -0.05) is 6.07 Å². The normalized spacial score (nSPS) is 15.7. The summed E-state index contributed by atoms with van der Waals surface area (Å²) < 4.78 is 16.6. The molecule has 20 heavy (non-hydrogen) atoms. The predicted molar refractivity (Wildman–Crippen MR) is 78.2 cm³/mol. The molecule has 1 aliphatic rings. The van der Waals surface area contributed by atoms with Crippen LogP contribution in [0.1, 0.15) is 12.8 Å². The molecule has 1 N–H and O–H groups in total. The van der Waals surface area contributed by atoms with E-state index in [1.807, 2.05) is 12.1 Å². The summed E-state index contributed by atoms with van der Waals surface area (Å²) in [6.07, 6.45) is 1.71. The highest BCUT2D eigenvalue weighted by Gasteiger charge is 2.16. The van der Waals surface area contributed by atoms with Gasteiger partial charge in [-0.2, -0.15) is 0 Å². The first-order valence-electron chi connectivity index (χ1n) is 6.53. The minimum atomic E-state index is -0.119. The van der Waals surface area contributed by atoms with Crippen molar-refractivity contribution >= 4 is 21.8 Å². The van der Waals surface area contributed by atoms with Crippen molar-refractivity contribution in [3.8, 4) is 11.5 Å². The van der Waals surface area contributed by atoms with Crippen molar-refractivity contribution in [2.24, 2.45) is 0 Å². The van der Waals surface area contributed by atoms with E-state index >= 15 is 0 Å². The van der Waals surface area contributed by atoms with E-state index in [0.717, 1.165) is 12.8 Å². The van der Waals surface area contributed by atoms with Gasteiger partial charge in [0.15, 0.2) is 6.61 Å². The third-order valence-electron chi connectivity index (χ3n) is 3.09. The molecule has 1 aliphatic heterocycles. The Balaban J connectivity index is 1.83. The highest BCUT2D eigenvalue weighted by molar-refractivity contribution is 9.10. The van der Waals surface area contributed by atoms with Gasteiger partial charge >= 0.3 is 0 Å². The molecule has 6 heteroatoms. The molecule has 0 unspecified atom stereocenters. The van der Waals surface area contributed by atoms with Crippen LogP contribution in [0.15, 0.2) is 22.7 Å². The van der Waals surface area contributed by atoms with Crippen LogP contribution in [0, 0.1) is 0 Å². The maximum atomic E-state index is 11.8.